The number of carbonyl (C=O) groups excluding carboxylic acids is 2. The highest BCUT2D eigenvalue weighted by molar-refractivity contribution is 5.80. The van der Waals surface area contributed by atoms with Crippen LogP contribution in [-0.4, -0.2) is 11.8 Å². The third-order valence-electron chi connectivity index (χ3n) is 4.68. The molecule has 1 heterocycles. The first-order chi connectivity index (χ1) is 10.9. The number of esters is 1. The average Bonchev–Trinajstić information content (AvgIpc) is 2.36. The average molecular weight is 330 g/mol. The number of ether oxygens (including phenoxy) is 1. The molecular weight excluding hydrogens is 300 g/mol. The van der Waals surface area contributed by atoms with E-state index in [0.29, 0.717) is 12.2 Å². The Morgan fingerprint density at radius 2 is 1.83 bits per heavy atom. The number of ketones is 1. The van der Waals surface area contributed by atoms with Gasteiger partial charge in [-0.3, -0.25) is 9.59 Å². The zero-order valence-corrected chi connectivity index (χ0v) is 16.1. The van der Waals surface area contributed by atoms with Crippen molar-refractivity contribution in [2.75, 3.05) is 0 Å². The van der Waals surface area contributed by atoms with E-state index in [2.05, 4.69) is 32.9 Å². The van der Waals surface area contributed by atoms with Crippen LogP contribution >= 0.6 is 0 Å². The second-order valence-corrected chi connectivity index (χ2v) is 9.10. The lowest BCUT2D eigenvalue weighted by molar-refractivity contribution is -0.141. The lowest BCUT2D eigenvalue weighted by Gasteiger charge is -2.34. The van der Waals surface area contributed by atoms with E-state index in [0.717, 1.165) is 29.5 Å². The summed E-state index contributed by atoms with van der Waals surface area (Å²) in [5.74, 6) is 0.605. The van der Waals surface area contributed by atoms with Crippen LogP contribution < -0.4 is 4.74 Å². The van der Waals surface area contributed by atoms with Crippen LogP contribution in [0.1, 0.15) is 71.1 Å². The number of fused-ring (bicyclic) bond motifs is 1. The molecule has 132 valence electrons. The highest BCUT2D eigenvalue weighted by Gasteiger charge is 2.36. The second-order valence-electron chi connectivity index (χ2n) is 9.10. The molecule has 0 saturated heterocycles. The number of Topliss-reactive ketones (excluding diaryl/α,β-unsaturated/α-hetero) is 1. The first kappa shape index (κ1) is 18.7. The van der Waals surface area contributed by atoms with Crippen molar-refractivity contribution >= 4 is 11.8 Å². The van der Waals surface area contributed by atoms with Gasteiger partial charge < -0.3 is 4.74 Å². The van der Waals surface area contributed by atoms with Crippen molar-refractivity contribution < 1.29 is 14.3 Å². The van der Waals surface area contributed by atoms with Crippen molar-refractivity contribution in [2.24, 2.45) is 11.3 Å². The van der Waals surface area contributed by atoms with E-state index in [1.54, 1.807) is 6.92 Å². The van der Waals surface area contributed by atoms with Crippen LogP contribution in [0.5, 0.6) is 5.75 Å². The third-order valence-corrected chi connectivity index (χ3v) is 4.68. The van der Waals surface area contributed by atoms with Crippen molar-refractivity contribution in [3.63, 3.8) is 0 Å². The van der Waals surface area contributed by atoms with Gasteiger partial charge in [0.15, 0.2) is 0 Å². The van der Waals surface area contributed by atoms with Gasteiger partial charge in [0.05, 0.1) is 5.92 Å². The van der Waals surface area contributed by atoms with E-state index >= 15 is 0 Å². The normalized spacial score (nSPS) is 18.1. The van der Waals surface area contributed by atoms with Crippen LogP contribution in [0.3, 0.4) is 0 Å². The van der Waals surface area contributed by atoms with Gasteiger partial charge in [0, 0.05) is 17.4 Å². The van der Waals surface area contributed by atoms with Crippen molar-refractivity contribution in [1.29, 1.82) is 0 Å². The molecule has 1 aliphatic rings. The first-order valence-electron chi connectivity index (χ1n) is 8.75. The molecule has 0 spiro atoms. The topological polar surface area (TPSA) is 43.4 Å². The lowest BCUT2D eigenvalue weighted by atomic mass is 9.75. The van der Waals surface area contributed by atoms with E-state index < -0.39 is 0 Å². The van der Waals surface area contributed by atoms with Crippen molar-refractivity contribution in [3.8, 4) is 5.75 Å². The summed E-state index contributed by atoms with van der Waals surface area (Å²) >= 11 is 0. The molecule has 1 aromatic carbocycles. The smallest absolute Gasteiger partial charge is 0.314 e. The van der Waals surface area contributed by atoms with E-state index in [4.69, 9.17) is 4.74 Å². The largest absolute Gasteiger partial charge is 0.426 e. The predicted octanol–water partition coefficient (Wildman–Crippen LogP) is 4.77. The standard InChI is InChI=1S/C21H30O3/c1-13-8-9-15-10-16(12-20(3,4)5)19(23)24-18(15)17(13)21(6,7)11-14(2)22/h8-9,16H,10-12H2,1-7H3. The summed E-state index contributed by atoms with van der Waals surface area (Å²) < 4.78 is 5.82. The van der Waals surface area contributed by atoms with Gasteiger partial charge in [-0.15, -0.1) is 0 Å². The quantitative estimate of drug-likeness (QED) is 0.590. The highest BCUT2D eigenvalue weighted by Crippen LogP contribution is 2.43. The molecule has 1 aliphatic heterocycles. The molecule has 3 heteroatoms. The summed E-state index contributed by atoms with van der Waals surface area (Å²) in [5.41, 5.74) is 2.89. The van der Waals surface area contributed by atoms with Gasteiger partial charge in [-0.2, -0.15) is 0 Å². The Morgan fingerprint density at radius 1 is 1.21 bits per heavy atom. The minimum Gasteiger partial charge on any atom is -0.426 e. The monoisotopic (exact) mass is 330 g/mol. The van der Waals surface area contributed by atoms with Crippen LogP contribution in [0.2, 0.25) is 0 Å². The molecule has 1 aromatic rings. The zero-order valence-electron chi connectivity index (χ0n) is 16.1. The number of hydrogen-bond donors (Lipinski definition) is 0. The Bertz CT molecular complexity index is 662. The Kier molecular flexibility index (Phi) is 4.94. The molecule has 24 heavy (non-hydrogen) atoms. The van der Waals surface area contributed by atoms with Crippen LogP contribution in [0.15, 0.2) is 12.1 Å². The maximum absolute atomic E-state index is 12.6. The fraction of sp³-hybridized carbons (Fsp3) is 0.619. The first-order valence-corrected chi connectivity index (χ1v) is 8.75. The summed E-state index contributed by atoms with van der Waals surface area (Å²) in [6, 6.07) is 4.16. The van der Waals surface area contributed by atoms with Crippen molar-refractivity contribution in [2.45, 2.75) is 73.1 Å². The SMILES string of the molecule is CC(=O)CC(C)(C)c1c(C)ccc2c1OC(=O)C(CC(C)(C)C)C2. The molecule has 0 radical (unpaired) electrons. The predicted molar refractivity (Wildman–Crippen MR) is 96.4 cm³/mol. The maximum Gasteiger partial charge on any atom is 0.314 e. The van der Waals surface area contributed by atoms with Crippen molar-refractivity contribution in [1.82, 2.24) is 0 Å². The van der Waals surface area contributed by atoms with Gasteiger partial charge in [0.2, 0.25) is 0 Å². The highest BCUT2D eigenvalue weighted by atomic mass is 16.5. The Labute approximate surface area is 145 Å². The Hall–Kier alpha value is -1.64. The zero-order chi connectivity index (χ0) is 18.3. The summed E-state index contributed by atoms with van der Waals surface area (Å²) in [5, 5.41) is 0. The number of rotatable bonds is 4. The van der Waals surface area contributed by atoms with Gasteiger partial charge >= 0.3 is 5.97 Å². The van der Waals surface area contributed by atoms with Gasteiger partial charge in [0.1, 0.15) is 11.5 Å². The fourth-order valence-corrected chi connectivity index (χ4v) is 3.98. The van der Waals surface area contributed by atoms with Crippen LogP contribution in [0, 0.1) is 18.3 Å². The molecule has 1 unspecified atom stereocenters. The minimum atomic E-state index is -0.349. The van der Waals surface area contributed by atoms with Gasteiger partial charge in [0.25, 0.3) is 0 Å². The van der Waals surface area contributed by atoms with E-state index in [9.17, 15) is 9.59 Å². The van der Waals surface area contributed by atoms with Crippen LogP contribution in [0.4, 0.5) is 0 Å². The molecule has 0 saturated carbocycles. The van der Waals surface area contributed by atoms with E-state index in [1.165, 1.54) is 0 Å². The third kappa shape index (κ3) is 4.06. The molecular formula is C21H30O3. The second kappa shape index (κ2) is 6.34. The van der Waals surface area contributed by atoms with E-state index in [-0.39, 0.29) is 28.5 Å². The summed E-state index contributed by atoms with van der Waals surface area (Å²) in [7, 11) is 0. The minimum absolute atomic E-state index is 0.0859. The molecule has 0 fully saturated rings. The van der Waals surface area contributed by atoms with Gasteiger partial charge in [-0.05, 0) is 43.2 Å². The molecule has 0 aliphatic carbocycles. The fourth-order valence-electron chi connectivity index (χ4n) is 3.98. The lowest BCUT2D eigenvalue weighted by Crippen LogP contribution is -2.33. The van der Waals surface area contributed by atoms with E-state index in [1.807, 2.05) is 20.8 Å². The molecule has 1 atom stereocenters. The van der Waals surface area contributed by atoms with Gasteiger partial charge in [-0.1, -0.05) is 46.8 Å². The number of carbonyl (C=O) groups is 2. The molecule has 0 aromatic heterocycles. The van der Waals surface area contributed by atoms with Crippen molar-refractivity contribution in [3.05, 3.63) is 28.8 Å². The summed E-state index contributed by atoms with van der Waals surface area (Å²) in [4.78, 5) is 24.2. The maximum atomic E-state index is 12.6. The molecule has 0 amide bonds. The molecule has 0 bridgehead atoms. The number of benzene rings is 1. The Balaban J connectivity index is 2.44. The molecule has 0 N–H and O–H groups in total. The number of hydrogen-bond acceptors (Lipinski definition) is 3. The van der Waals surface area contributed by atoms with Gasteiger partial charge in [-0.25, -0.2) is 0 Å². The Morgan fingerprint density at radius 3 is 2.38 bits per heavy atom. The molecule has 3 nitrogen and oxygen atoms in total. The summed E-state index contributed by atoms with van der Waals surface area (Å²) in [6.07, 6.45) is 1.97. The van der Waals surface area contributed by atoms with Crippen LogP contribution in [-0.2, 0) is 21.4 Å². The molecule has 2 rings (SSSR count). The summed E-state index contributed by atoms with van der Waals surface area (Å²) in [6.45, 7) is 14.2. The van der Waals surface area contributed by atoms with Crippen LogP contribution in [0.25, 0.3) is 0 Å². The number of aryl methyl sites for hydroxylation is 1.